The lowest BCUT2D eigenvalue weighted by Crippen LogP contribution is -2.49. The van der Waals surface area contributed by atoms with Gasteiger partial charge in [-0.1, -0.05) is 24.3 Å². The summed E-state index contributed by atoms with van der Waals surface area (Å²) in [7, 11) is 3.23. The molecule has 1 fully saturated rings. The van der Waals surface area contributed by atoms with Crippen molar-refractivity contribution in [2.75, 3.05) is 45.3 Å². The Kier molecular flexibility index (Phi) is 5.52. The number of methoxy groups -OCH3 is 2. The maximum Gasteiger partial charge on any atom is 0.257 e. The first kappa shape index (κ1) is 20.7. The van der Waals surface area contributed by atoms with Gasteiger partial charge < -0.3 is 19.3 Å². The summed E-state index contributed by atoms with van der Waals surface area (Å²) in [5.41, 5.74) is 2.53. The summed E-state index contributed by atoms with van der Waals surface area (Å²) in [5, 5.41) is 4.42. The average molecular weight is 444 g/mol. The highest BCUT2D eigenvalue weighted by molar-refractivity contribution is 5.97. The largest absolute Gasteiger partial charge is 0.497 e. The number of benzene rings is 2. The topological polar surface area (TPSA) is 85.1 Å². The number of nitrogens with zero attached hydrogens (tertiary/aromatic N) is 6. The van der Waals surface area contributed by atoms with Crippen LogP contribution in [0.4, 0.5) is 5.82 Å². The molecule has 0 bridgehead atoms. The van der Waals surface area contributed by atoms with Crippen molar-refractivity contribution >= 4 is 17.5 Å². The van der Waals surface area contributed by atoms with E-state index in [4.69, 9.17) is 9.47 Å². The molecule has 5 rings (SSSR count). The fourth-order valence-corrected chi connectivity index (χ4v) is 4.16. The van der Waals surface area contributed by atoms with Crippen LogP contribution in [0.25, 0.3) is 16.9 Å². The quantitative estimate of drug-likeness (QED) is 0.468. The van der Waals surface area contributed by atoms with E-state index in [1.54, 1.807) is 24.8 Å². The molecule has 3 heterocycles. The number of rotatable bonds is 5. The van der Waals surface area contributed by atoms with Gasteiger partial charge in [-0.15, -0.1) is 0 Å². The molecular weight excluding hydrogens is 420 g/mol. The fraction of sp³-hybridized carbons (Fsp3) is 0.250. The number of fused-ring (bicyclic) bond motifs is 1. The Morgan fingerprint density at radius 1 is 0.909 bits per heavy atom. The maximum absolute atomic E-state index is 13.1. The third-order valence-electron chi connectivity index (χ3n) is 5.89. The van der Waals surface area contributed by atoms with Gasteiger partial charge in [-0.2, -0.15) is 14.6 Å². The van der Waals surface area contributed by atoms with Crippen LogP contribution in [-0.4, -0.2) is 70.8 Å². The lowest BCUT2D eigenvalue weighted by Gasteiger charge is -2.36. The number of carbonyl (C=O) groups excluding carboxylic acids is 1. The average Bonchev–Trinajstić information content (AvgIpc) is 3.37. The predicted octanol–water partition coefficient (Wildman–Crippen LogP) is 2.77. The van der Waals surface area contributed by atoms with Crippen molar-refractivity contribution in [1.29, 1.82) is 0 Å². The van der Waals surface area contributed by atoms with Crippen LogP contribution in [0, 0.1) is 0 Å². The van der Waals surface area contributed by atoms with E-state index >= 15 is 0 Å². The molecule has 1 aliphatic heterocycles. The van der Waals surface area contributed by atoms with Gasteiger partial charge in [-0.3, -0.25) is 4.79 Å². The molecule has 33 heavy (non-hydrogen) atoms. The molecule has 0 radical (unpaired) electrons. The molecule has 4 aromatic rings. The number of hydrogen-bond donors (Lipinski definition) is 0. The number of aromatic nitrogens is 4. The monoisotopic (exact) mass is 444 g/mol. The first-order chi connectivity index (χ1) is 16.2. The van der Waals surface area contributed by atoms with Gasteiger partial charge in [-0.25, -0.2) is 4.98 Å². The number of carbonyl (C=O) groups is 1. The predicted molar refractivity (Wildman–Crippen MR) is 124 cm³/mol. The van der Waals surface area contributed by atoms with Crippen LogP contribution < -0.4 is 14.4 Å². The van der Waals surface area contributed by atoms with Gasteiger partial charge in [0.15, 0.2) is 0 Å². The van der Waals surface area contributed by atoms with Crippen LogP contribution in [-0.2, 0) is 0 Å². The number of piperazine rings is 1. The van der Waals surface area contributed by atoms with Crippen LogP contribution in [0.3, 0.4) is 0 Å². The Morgan fingerprint density at radius 2 is 1.67 bits per heavy atom. The Balaban J connectivity index is 1.43. The van der Waals surface area contributed by atoms with Gasteiger partial charge in [-0.05, 0) is 29.8 Å². The first-order valence-corrected chi connectivity index (χ1v) is 10.7. The van der Waals surface area contributed by atoms with Crippen LogP contribution >= 0.6 is 0 Å². The molecule has 2 aromatic carbocycles. The fourth-order valence-electron chi connectivity index (χ4n) is 4.16. The molecule has 2 aromatic heterocycles. The van der Waals surface area contributed by atoms with Crippen molar-refractivity contribution in [2.24, 2.45) is 0 Å². The van der Waals surface area contributed by atoms with Gasteiger partial charge in [0.1, 0.15) is 23.6 Å². The van der Waals surface area contributed by atoms with Gasteiger partial charge in [0.05, 0.1) is 19.8 Å². The summed E-state index contributed by atoms with van der Waals surface area (Å²) in [6, 6.07) is 15.2. The van der Waals surface area contributed by atoms with Crippen molar-refractivity contribution in [3.63, 3.8) is 0 Å². The van der Waals surface area contributed by atoms with Gasteiger partial charge in [0, 0.05) is 37.9 Å². The van der Waals surface area contributed by atoms with E-state index in [2.05, 4.69) is 20.0 Å². The number of anilines is 1. The van der Waals surface area contributed by atoms with Crippen molar-refractivity contribution in [2.45, 2.75) is 0 Å². The molecule has 0 saturated carbocycles. The Hall–Kier alpha value is -4.14. The first-order valence-electron chi connectivity index (χ1n) is 10.7. The molecule has 1 aliphatic rings. The molecule has 0 unspecified atom stereocenters. The zero-order valence-electron chi connectivity index (χ0n) is 18.5. The van der Waals surface area contributed by atoms with E-state index in [1.165, 1.54) is 6.33 Å². The van der Waals surface area contributed by atoms with E-state index in [0.29, 0.717) is 43.3 Å². The number of para-hydroxylation sites is 1. The van der Waals surface area contributed by atoms with E-state index in [1.807, 2.05) is 53.6 Å². The summed E-state index contributed by atoms with van der Waals surface area (Å²) in [4.78, 5) is 25.9. The Morgan fingerprint density at radius 3 is 2.39 bits per heavy atom. The zero-order chi connectivity index (χ0) is 22.8. The van der Waals surface area contributed by atoms with E-state index < -0.39 is 0 Å². The van der Waals surface area contributed by atoms with E-state index in [0.717, 1.165) is 22.7 Å². The van der Waals surface area contributed by atoms with Gasteiger partial charge >= 0.3 is 0 Å². The number of hydrogen-bond acceptors (Lipinski definition) is 7. The van der Waals surface area contributed by atoms with E-state index in [9.17, 15) is 4.79 Å². The lowest BCUT2D eigenvalue weighted by molar-refractivity contribution is 0.0743. The summed E-state index contributed by atoms with van der Waals surface area (Å²) in [6.07, 6.45) is 3.33. The highest BCUT2D eigenvalue weighted by Gasteiger charge is 2.27. The molecule has 168 valence electrons. The molecule has 9 nitrogen and oxygen atoms in total. The summed E-state index contributed by atoms with van der Waals surface area (Å²) in [5.74, 6) is 2.80. The number of ether oxygens (including phenoxy) is 2. The summed E-state index contributed by atoms with van der Waals surface area (Å²) < 4.78 is 12.4. The van der Waals surface area contributed by atoms with Crippen molar-refractivity contribution in [1.82, 2.24) is 24.5 Å². The van der Waals surface area contributed by atoms with E-state index in [-0.39, 0.29) is 5.91 Å². The Labute approximate surface area is 191 Å². The molecule has 1 saturated heterocycles. The van der Waals surface area contributed by atoms with Crippen LogP contribution in [0.1, 0.15) is 10.4 Å². The second kappa shape index (κ2) is 8.78. The molecule has 0 aliphatic carbocycles. The summed E-state index contributed by atoms with van der Waals surface area (Å²) >= 11 is 0. The molecule has 0 spiro atoms. The maximum atomic E-state index is 13.1. The second-order valence-corrected chi connectivity index (χ2v) is 7.68. The third-order valence-corrected chi connectivity index (χ3v) is 5.89. The second-order valence-electron chi connectivity index (χ2n) is 7.68. The van der Waals surface area contributed by atoms with Gasteiger partial charge in [0.2, 0.25) is 0 Å². The minimum absolute atomic E-state index is 0.0249. The van der Waals surface area contributed by atoms with Crippen molar-refractivity contribution < 1.29 is 14.3 Å². The molecular formula is C24H24N6O3. The van der Waals surface area contributed by atoms with Crippen LogP contribution in [0.5, 0.6) is 11.5 Å². The molecule has 0 atom stereocenters. The van der Waals surface area contributed by atoms with Crippen LogP contribution in [0.15, 0.2) is 61.1 Å². The highest BCUT2D eigenvalue weighted by Crippen LogP contribution is 2.32. The zero-order valence-corrected chi connectivity index (χ0v) is 18.5. The lowest BCUT2D eigenvalue weighted by atomic mass is 10.1. The highest BCUT2D eigenvalue weighted by atomic mass is 16.5. The van der Waals surface area contributed by atoms with Gasteiger partial charge in [0.25, 0.3) is 11.7 Å². The Bertz CT molecular complexity index is 1280. The minimum Gasteiger partial charge on any atom is -0.497 e. The van der Waals surface area contributed by atoms with Crippen molar-refractivity contribution in [3.8, 4) is 22.6 Å². The van der Waals surface area contributed by atoms with Crippen LogP contribution in [0.2, 0.25) is 0 Å². The SMILES string of the molecule is COc1ccc(-c2cnc3ncnn3c2N2CCN(C(=O)c3ccccc3OC)CC2)cc1. The normalized spacial score (nSPS) is 13.9. The molecule has 9 heteroatoms. The third kappa shape index (κ3) is 3.82. The molecule has 1 amide bonds. The smallest absolute Gasteiger partial charge is 0.257 e. The number of amides is 1. The summed E-state index contributed by atoms with van der Waals surface area (Å²) in [6.45, 7) is 2.47. The van der Waals surface area contributed by atoms with Crippen molar-refractivity contribution in [3.05, 3.63) is 66.6 Å². The molecule has 0 N–H and O–H groups in total. The standard InChI is InChI=1S/C24H24N6O3/c1-32-18-9-7-17(8-10-18)20-15-25-24-26-16-27-30(24)22(20)28-11-13-29(14-12-28)23(31)19-5-3-4-6-21(19)33-2/h3-10,15-16H,11-14H2,1-2H3. The minimum atomic E-state index is -0.0249.